The molecule has 1 aliphatic rings. The summed E-state index contributed by atoms with van der Waals surface area (Å²) in [4.78, 5) is 26.6. The maximum atomic E-state index is 13.8. The molecular weight excluding hydrogens is 464 g/mol. The van der Waals surface area contributed by atoms with Crippen molar-refractivity contribution in [3.63, 3.8) is 0 Å². The Morgan fingerprint density at radius 1 is 1.00 bits per heavy atom. The number of carboxylic acids is 1. The van der Waals surface area contributed by atoms with Gasteiger partial charge in [-0.3, -0.25) is 4.79 Å². The minimum atomic E-state index is -4.26. The summed E-state index contributed by atoms with van der Waals surface area (Å²) in [5.74, 6) is -2.50. The predicted octanol–water partition coefficient (Wildman–Crippen LogP) is 4.48. The van der Waals surface area contributed by atoms with Crippen molar-refractivity contribution in [2.45, 2.75) is 66.5 Å². The summed E-state index contributed by atoms with van der Waals surface area (Å²) in [6, 6.07) is 12.1. The molecule has 1 atom stereocenters. The number of nitrogens with one attached hydrogen (secondary N) is 1. The number of hydrogen-bond acceptors (Lipinski definition) is 5. The molecule has 1 heterocycles. The molecule has 0 bridgehead atoms. The number of benzene rings is 2. The molecule has 1 aliphatic heterocycles. The normalized spacial score (nSPS) is 17.6. The second kappa shape index (κ2) is 8.82. The maximum Gasteiger partial charge on any atom is 0.334 e. The van der Waals surface area contributed by atoms with Crippen molar-refractivity contribution >= 4 is 26.8 Å². The van der Waals surface area contributed by atoms with Crippen LogP contribution >= 0.6 is 0 Å². The van der Waals surface area contributed by atoms with Gasteiger partial charge in [0, 0.05) is 0 Å². The molecule has 8 heteroatoms. The molecule has 0 radical (unpaired) electrons. The van der Waals surface area contributed by atoms with E-state index in [-0.39, 0.29) is 10.6 Å². The zero-order valence-electron chi connectivity index (χ0n) is 21.6. The zero-order valence-corrected chi connectivity index (χ0v) is 22.4. The molecule has 0 saturated heterocycles. The lowest BCUT2D eigenvalue weighted by Gasteiger charge is -2.38. The van der Waals surface area contributed by atoms with Crippen LogP contribution in [0.2, 0.25) is 0 Å². The van der Waals surface area contributed by atoms with E-state index in [1.807, 2.05) is 32.9 Å². The molecule has 0 fully saturated rings. The van der Waals surface area contributed by atoms with Crippen molar-refractivity contribution in [3.05, 3.63) is 76.0 Å². The average molecular weight is 499 g/mol. The molecule has 2 N–H and O–H groups in total. The molecule has 0 aliphatic carbocycles. The molecule has 1 amide bonds. The lowest BCUT2D eigenvalue weighted by molar-refractivity contribution is -0.147. The molecule has 0 aromatic heterocycles. The van der Waals surface area contributed by atoms with E-state index in [0.717, 1.165) is 21.0 Å². The Morgan fingerprint density at radius 2 is 1.51 bits per heavy atom. The number of carboxylic acid groups (broad SMARTS) is 1. The molecule has 0 spiro atoms. The number of carbonyl (C=O) groups excluding carboxylic acids is 1. The van der Waals surface area contributed by atoms with E-state index in [9.17, 15) is 23.1 Å². The van der Waals surface area contributed by atoms with Crippen LogP contribution in [0.15, 0.2) is 48.2 Å². The van der Waals surface area contributed by atoms with Crippen molar-refractivity contribution in [2.75, 3.05) is 0 Å². The molecule has 3 rings (SSSR count). The molecule has 1 unspecified atom stereocenters. The van der Waals surface area contributed by atoms with Crippen molar-refractivity contribution < 1.29 is 23.1 Å². The number of carbonyl (C=O) groups is 2. The van der Waals surface area contributed by atoms with Gasteiger partial charge in [0.05, 0.1) is 5.54 Å². The van der Waals surface area contributed by atoms with Crippen LogP contribution in [-0.2, 0) is 25.2 Å². The lowest BCUT2D eigenvalue weighted by Crippen LogP contribution is -2.55. The van der Waals surface area contributed by atoms with Crippen molar-refractivity contribution in [2.24, 2.45) is 5.92 Å². The van der Waals surface area contributed by atoms with Gasteiger partial charge in [-0.25, -0.2) is 17.5 Å². The number of hydrogen-bond donors (Lipinski definition) is 2. The van der Waals surface area contributed by atoms with Gasteiger partial charge in [0.2, 0.25) is 0 Å². The highest BCUT2D eigenvalue weighted by molar-refractivity contribution is 7.99. The zero-order chi connectivity index (χ0) is 26.5. The Balaban J connectivity index is 2.42. The first kappa shape index (κ1) is 26.5. The molecule has 188 valence electrons. The number of rotatable bonds is 6. The fourth-order valence-corrected chi connectivity index (χ4v) is 7.13. The number of aryl methyl sites for hydroxylation is 3. The summed E-state index contributed by atoms with van der Waals surface area (Å²) >= 11 is 0. The topological polar surface area (TPSA) is 104 Å². The minimum absolute atomic E-state index is 0.216. The van der Waals surface area contributed by atoms with Crippen LogP contribution in [0.5, 0.6) is 0 Å². The summed E-state index contributed by atoms with van der Waals surface area (Å²) < 4.78 is 28.4. The van der Waals surface area contributed by atoms with Gasteiger partial charge in [0.15, 0.2) is 5.54 Å². The van der Waals surface area contributed by atoms with Gasteiger partial charge in [0.1, 0.15) is 10.6 Å². The predicted molar refractivity (Wildman–Crippen MR) is 137 cm³/mol. The van der Waals surface area contributed by atoms with Gasteiger partial charge < -0.3 is 10.4 Å². The first-order chi connectivity index (χ1) is 16.1. The fourth-order valence-electron chi connectivity index (χ4n) is 5.09. The second-order valence-electron chi connectivity index (χ2n) is 10.5. The molecule has 35 heavy (non-hydrogen) atoms. The van der Waals surface area contributed by atoms with Crippen molar-refractivity contribution in [1.29, 1.82) is 0 Å². The quantitative estimate of drug-likeness (QED) is 0.609. The highest BCUT2D eigenvalue weighted by atomic mass is 32.2. The summed E-state index contributed by atoms with van der Waals surface area (Å²) in [7, 11) is -4.26. The van der Waals surface area contributed by atoms with E-state index in [1.165, 1.54) is 0 Å². The van der Waals surface area contributed by atoms with Crippen LogP contribution in [0, 0.1) is 26.7 Å². The van der Waals surface area contributed by atoms with Crippen LogP contribution in [0.4, 0.5) is 0 Å². The monoisotopic (exact) mass is 498 g/mol. The van der Waals surface area contributed by atoms with E-state index >= 15 is 0 Å². The SMILES string of the molecule is Cc1cc(C)c(C(NC2=C(c3ccccc3)S(=O)(=O)N(C(C)(C)C)C2=O)(C(=O)O)C(C)C)c(C)c1. The van der Waals surface area contributed by atoms with Gasteiger partial charge in [-0.15, -0.1) is 0 Å². The number of sulfonamides is 1. The van der Waals surface area contributed by atoms with Gasteiger partial charge in [-0.1, -0.05) is 61.9 Å². The Kier molecular flexibility index (Phi) is 6.67. The van der Waals surface area contributed by atoms with E-state index in [1.54, 1.807) is 65.0 Å². The van der Waals surface area contributed by atoms with Crippen molar-refractivity contribution in [1.82, 2.24) is 9.62 Å². The average Bonchev–Trinajstić information content (AvgIpc) is 2.90. The minimum Gasteiger partial charge on any atom is -0.479 e. The highest BCUT2D eigenvalue weighted by Crippen LogP contribution is 2.43. The molecule has 2 aromatic rings. The molecule has 7 nitrogen and oxygen atoms in total. The van der Waals surface area contributed by atoms with Gasteiger partial charge in [-0.2, -0.15) is 0 Å². The number of amides is 1. The van der Waals surface area contributed by atoms with Gasteiger partial charge >= 0.3 is 5.97 Å². The summed E-state index contributed by atoms with van der Waals surface area (Å²) in [6.07, 6.45) is 0. The Labute approximate surface area is 207 Å². The van der Waals surface area contributed by atoms with Crippen molar-refractivity contribution in [3.8, 4) is 0 Å². The summed E-state index contributed by atoms with van der Waals surface area (Å²) in [6.45, 7) is 14.0. The Bertz CT molecular complexity index is 1300. The van der Waals surface area contributed by atoms with Crippen LogP contribution in [-0.4, -0.2) is 35.2 Å². The van der Waals surface area contributed by atoms with Crippen LogP contribution in [0.25, 0.3) is 4.91 Å². The highest BCUT2D eigenvalue weighted by Gasteiger charge is 2.54. The van der Waals surface area contributed by atoms with Gasteiger partial charge in [0.25, 0.3) is 15.9 Å². The largest absolute Gasteiger partial charge is 0.479 e. The van der Waals surface area contributed by atoms with Crippen LogP contribution in [0.1, 0.15) is 62.4 Å². The van der Waals surface area contributed by atoms with Crippen LogP contribution in [0.3, 0.4) is 0 Å². The third-order valence-corrected chi connectivity index (χ3v) is 8.52. The summed E-state index contributed by atoms with van der Waals surface area (Å²) in [5.41, 5.74) is 0.258. The number of nitrogens with zero attached hydrogens (tertiary/aromatic N) is 1. The fraction of sp³-hybridized carbons (Fsp3) is 0.407. The maximum absolute atomic E-state index is 13.8. The van der Waals surface area contributed by atoms with E-state index in [2.05, 4.69) is 5.32 Å². The first-order valence-electron chi connectivity index (χ1n) is 11.6. The lowest BCUT2D eigenvalue weighted by atomic mass is 9.75. The number of aliphatic carboxylic acids is 1. The standard InChI is InChI=1S/C27H34N2O5S/c1-16(2)27(25(31)32,21-18(4)14-17(3)15-19(21)5)28-22-23(20-12-10-9-11-13-20)35(33,34)29(24(22)30)26(6,7)8/h9-16,28H,1-8H3,(H,31,32). The third kappa shape index (κ3) is 4.24. The van der Waals surface area contributed by atoms with E-state index in [4.69, 9.17) is 0 Å². The summed E-state index contributed by atoms with van der Waals surface area (Å²) in [5, 5.41) is 13.7. The van der Waals surface area contributed by atoms with E-state index in [0.29, 0.717) is 11.1 Å². The molecule has 2 aromatic carbocycles. The third-order valence-electron chi connectivity index (χ3n) is 6.37. The Morgan fingerprint density at radius 3 is 1.94 bits per heavy atom. The smallest absolute Gasteiger partial charge is 0.334 e. The van der Waals surface area contributed by atoms with E-state index < -0.39 is 38.9 Å². The van der Waals surface area contributed by atoms with Crippen LogP contribution < -0.4 is 5.32 Å². The second-order valence-corrected chi connectivity index (χ2v) is 12.2. The molecular formula is C27H34N2O5S. The Hall–Kier alpha value is -3.13. The first-order valence-corrected chi connectivity index (χ1v) is 13.0. The van der Waals surface area contributed by atoms with Gasteiger partial charge in [-0.05, 0) is 69.7 Å². The molecule has 0 saturated carbocycles.